The van der Waals surface area contributed by atoms with Crippen LogP contribution in [0.5, 0.6) is 0 Å². The number of carbonyl (C=O) groups excluding carboxylic acids is 2. The first-order valence-corrected chi connectivity index (χ1v) is 11.4. The average molecular weight is 503 g/mol. The molecule has 1 aromatic carbocycles. The number of rotatable bonds is 6. The number of hydrogen-bond acceptors (Lipinski definition) is 8. The van der Waals surface area contributed by atoms with Crippen LogP contribution in [0.4, 0.5) is 0 Å². The Balaban J connectivity index is 1.56. The van der Waals surface area contributed by atoms with Gasteiger partial charge in [-0.2, -0.15) is 5.10 Å². The number of carboxylic acids is 1. The van der Waals surface area contributed by atoms with Gasteiger partial charge in [0, 0.05) is 5.75 Å². The summed E-state index contributed by atoms with van der Waals surface area (Å²) in [7, 11) is 0. The Morgan fingerprint density at radius 1 is 1.26 bits per heavy atom. The van der Waals surface area contributed by atoms with Crippen LogP contribution >= 0.6 is 24.0 Å². The molecule has 176 valence electrons. The molecule has 2 aliphatic rings. The van der Waals surface area contributed by atoms with Crippen LogP contribution < -0.4 is 21.9 Å². The van der Waals surface area contributed by atoms with Crippen LogP contribution in [-0.4, -0.2) is 65.1 Å². The maximum atomic E-state index is 13.2. The van der Waals surface area contributed by atoms with Gasteiger partial charge >= 0.3 is 11.7 Å². The number of carboxylic acid groups (broad SMARTS) is 1. The average Bonchev–Trinajstić information content (AvgIpc) is 2.80. The third-order valence-corrected chi connectivity index (χ3v) is 7.13. The lowest BCUT2D eigenvalue weighted by Gasteiger charge is -2.52. The molecule has 1 unspecified atom stereocenters. The predicted molar refractivity (Wildman–Crippen MR) is 125 cm³/mol. The molecule has 2 amide bonds. The number of aromatic amines is 2. The van der Waals surface area contributed by atoms with Crippen molar-refractivity contribution < 1.29 is 19.5 Å². The molecule has 2 aliphatic heterocycles. The number of carbonyl (C=O) groups is 3. The first-order chi connectivity index (χ1) is 16.2. The van der Waals surface area contributed by atoms with Crippen molar-refractivity contribution >= 4 is 46.8 Å². The number of thioether (sulfide) groups is 1. The number of hydrogen-bond donors (Lipinski definition) is 5. The molecule has 3 atom stereocenters. The van der Waals surface area contributed by atoms with Crippen molar-refractivity contribution in [3.05, 3.63) is 73.7 Å². The minimum Gasteiger partial charge on any atom is -0.477 e. The third kappa shape index (κ3) is 4.24. The van der Waals surface area contributed by atoms with E-state index < -0.39 is 52.2 Å². The van der Waals surface area contributed by atoms with Gasteiger partial charge in [0.25, 0.3) is 11.5 Å². The zero-order valence-electron chi connectivity index (χ0n) is 17.5. The quantitative estimate of drug-likeness (QED) is 0.323. The number of amides is 2. The summed E-state index contributed by atoms with van der Waals surface area (Å²) in [6.07, 6.45) is 0. The molecule has 0 aliphatic carbocycles. The van der Waals surface area contributed by atoms with Crippen molar-refractivity contribution in [2.24, 2.45) is 0 Å². The molecule has 12 nitrogen and oxygen atoms in total. The number of aromatic nitrogens is 3. The van der Waals surface area contributed by atoms with E-state index in [1.807, 2.05) is 10.1 Å². The molecule has 14 heteroatoms. The van der Waals surface area contributed by atoms with Gasteiger partial charge in [-0.25, -0.2) is 14.7 Å². The van der Waals surface area contributed by atoms with Gasteiger partial charge in [-0.15, -0.1) is 11.8 Å². The maximum absolute atomic E-state index is 13.2. The Hall–Kier alpha value is -3.78. The lowest BCUT2D eigenvalue weighted by Crippen LogP contribution is -2.70. The second-order valence-electron chi connectivity index (χ2n) is 7.50. The summed E-state index contributed by atoms with van der Waals surface area (Å²) in [6.45, 7) is 1.72. The molecule has 5 N–H and O–H groups in total. The third-order valence-electron chi connectivity index (χ3n) is 5.26. The molecule has 1 aromatic heterocycles. The van der Waals surface area contributed by atoms with Gasteiger partial charge in [-0.05, 0) is 18.1 Å². The molecular formula is C20H18N6O6S2. The topological polar surface area (TPSA) is 177 Å². The molecule has 2 aromatic rings. The number of nitrogens with one attached hydrogen (secondary N) is 4. The van der Waals surface area contributed by atoms with Crippen molar-refractivity contribution in [2.75, 3.05) is 5.75 Å². The second kappa shape index (κ2) is 9.23. The molecule has 1 fully saturated rings. The van der Waals surface area contributed by atoms with Crippen LogP contribution in [0.25, 0.3) is 0 Å². The van der Waals surface area contributed by atoms with Gasteiger partial charge in [0.1, 0.15) is 28.1 Å². The van der Waals surface area contributed by atoms with E-state index in [2.05, 4.69) is 15.7 Å². The van der Waals surface area contributed by atoms with E-state index in [-0.39, 0.29) is 10.7 Å². The first-order valence-electron chi connectivity index (χ1n) is 9.92. The lowest BCUT2D eigenvalue weighted by molar-refractivity contribution is -0.134. The Morgan fingerprint density at radius 2 is 1.97 bits per heavy atom. The smallest absolute Gasteiger partial charge is 0.352 e. The van der Waals surface area contributed by atoms with Gasteiger partial charge in [0.15, 0.2) is 0 Å². The van der Waals surface area contributed by atoms with Crippen LogP contribution in [0.2, 0.25) is 0 Å². The fraction of sp³-hybridized carbons (Fsp3) is 0.250. The van der Waals surface area contributed by atoms with Crippen molar-refractivity contribution in [3.63, 3.8) is 0 Å². The molecule has 0 spiro atoms. The molecule has 0 bridgehead atoms. The van der Waals surface area contributed by atoms with Gasteiger partial charge in [0.2, 0.25) is 11.6 Å². The number of benzene rings is 1. The summed E-state index contributed by atoms with van der Waals surface area (Å²) < 4.78 is 0. The fourth-order valence-electron chi connectivity index (χ4n) is 3.66. The minimum absolute atomic E-state index is 0.107. The Kier molecular flexibility index (Phi) is 6.34. The zero-order valence-corrected chi connectivity index (χ0v) is 19.2. The molecule has 3 heterocycles. The van der Waals surface area contributed by atoms with Gasteiger partial charge < -0.3 is 20.6 Å². The summed E-state index contributed by atoms with van der Waals surface area (Å²) in [5.41, 5.74) is -1.30. The van der Waals surface area contributed by atoms with Crippen LogP contribution in [0.15, 0.2) is 51.2 Å². The van der Waals surface area contributed by atoms with Gasteiger partial charge in [0.05, 0.1) is 0 Å². The van der Waals surface area contributed by atoms with Crippen molar-refractivity contribution in [1.29, 1.82) is 0 Å². The van der Waals surface area contributed by atoms with Crippen LogP contribution in [0.3, 0.4) is 0 Å². The first kappa shape index (κ1) is 23.4. The summed E-state index contributed by atoms with van der Waals surface area (Å²) in [5, 5.41) is 19.8. The van der Waals surface area contributed by atoms with Gasteiger partial charge in [-0.1, -0.05) is 42.5 Å². The molecule has 1 saturated heterocycles. The molecule has 34 heavy (non-hydrogen) atoms. The number of H-pyrrole nitrogens is 2. The number of fused-ring (bicyclic) bond motifs is 1. The number of aliphatic carboxylic acids is 1. The molecule has 4 rings (SSSR count). The highest BCUT2D eigenvalue weighted by atomic mass is 32.2. The standard InChI is InChI=1S/C20H18N6O6S2/c1-8-7-34-18-12(17(33)26(18)13(8)19(30)31)22-14(27)10(9-5-3-2-4-6-9)21-15(28)11-16(29)23-20(32)25-24-11/h2-6,10,12,18H,7H2,1H3,(H,21,28)(H,22,27)(H,30,31)(H2,23,25,29,32)/t10?,12-,18+/m1/s1. The molecule has 0 radical (unpaired) electrons. The van der Waals surface area contributed by atoms with E-state index in [1.165, 1.54) is 16.7 Å². The second-order valence-corrected chi connectivity index (χ2v) is 9.03. The Bertz CT molecular complexity index is 1340. The summed E-state index contributed by atoms with van der Waals surface area (Å²) in [5.74, 6) is -2.21. The summed E-state index contributed by atoms with van der Waals surface area (Å²) in [4.78, 5) is 64.4. The fourth-order valence-corrected chi connectivity index (χ4v) is 5.52. The highest BCUT2D eigenvalue weighted by Gasteiger charge is 2.51. The normalized spacial score (nSPS) is 20.1. The van der Waals surface area contributed by atoms with E-state index in [4.69, 9.17) is 12.2 Å². The van der Waals surface area contributed by atoms with E-state index in [0.29, 0.717) is 16.9 Å². The van der Waals surface area contributed by atoms with E-state index in [1.54, 1.807) is 37.3 Å². The van der Waals surface area contributed by atoms with E-state index in [0.717, 1.165) is 0 Å². The molecular weight excluding hydrogens is 484 g/mol. The lowest BCUT2D eigenvalue weighted by atomic mass is 10.0. The molecule has 0 saturated carbocycles. The highest BCUT2D eigenvalue weighted by Crippen LogP contribution is 2.41. The van der Waals surface area contributed by atoms with Crippen LogP contribution in [0.1, 0.15) is 29.0 Å². The zero-order chi connectivity index (χ0) is 24.6. The largest absolute Gasteiger partial charge is 0.477 e. The summed E-state index contributed by atoms with van der Waals surface area (Å²) in [6, 6.07) is 6.46. The van der Waals surface area contributed by atoms with E-state index in [9.17, 15) is 29.1 Å². The summed E-state index contributed by atoms with van der Waals surface area (Å²) >= 11 is 6.84. The van der Waals surface area contributed by atoms with Crippen LogP contribution in [0, 0.1) is 0 Å². The van der Waals surface area contributed by atoms with Crippen LogP contribution in [-0.2, 0) is 9.59 Å². The SMILES string of the molecule is CC1=C(C(=O)O)N2C(=S)[C@@H](NC(=O)C(NC(=O)c3n[nH]c(=O)[nH]c3=O)c3ccccc3)[C@@H]2SC1. The monoisotopic (exact) mass is 502 g/mol. The Labute approximate surface area is 200 Å². The van der Waals surface area contributed by atoms with E-state index >= 15 is 0 Å². The van der Waals surface area contributed by atoms with Gasteiger partial charge in [-0.3, -0.25) is 19.4 Å². The highest BCUT2D eigenvalue weighted by molar-refractivity contribution is 8.00. The Morgan fingerprint density at radius 3 is 2.62 bits per heavy atom. The minimum atomic E-state index is -1.22. The van der Waals surface area contributed by atoms with Crippen molar-refractivity contribution in [3.8, 4) is 0 Å². The van der Waals surface area contributed by atoms with Crippen molar-refractivity contribution in [1.82, 2.24) is 30.7 Å². The number of thiocarbonyl (C=S) groups is 1. The predicted octanol–water partition coefficient (Wildman–Crippen LogP) is -0.511. The number of nitrogens with zero attached hydrogens (tertiary/aromatic N) is 2. The van der Waals surface area contributed by atoms with Crippen molar-refractivity contribution in [2.45, 2.75) is 24.4 Å². The maximum Gasteiger partial charge on any atom is 0.352 e.